The summed E-state index contributed by atoms with van der Waals surface area (Å²) in [5.74, 6) is -0.797. The van der Waals surface area contributed by atoms with Gasteiger partial charge in [0, 0.05) is 19.0 Å². The zero-order chi connectivity index (χ0) is 12.5. The van der Waals surface area contributed by atoms with E-state index in [1.807, 2.05) is 11.2 Å². The van der Waals surface area contributed by atoms with Crippen LogP contribution in [0.3, 0.4) is 0 Å². The summed E-state index contributed by atoms with van der Waals surface area (Å²) in [6.45, 7) is 2.33. The van der Waals surface area contributed by atoms with Gasteiger partial charge >= 0.3 is 5.97 Å². The van der Waals surface area contributed by atoms with Crippen molar-refractivity contribution in [3.63, 3.8) is 0 Å². The van der Waals surface area contributed by atoms with Crippen LogP contribution in [0, 0.1) is 5.92 Å². The van der Waals surface area contributed by atoms with Crippen LogP contribution in [0.25, 0.3) is 0 Å². The van der Waals surface area contributed by atoms with Gasteiger partial charge in [0.15, 0.2) is 0 Å². The number of hydrazine groups is 2. The second kappa shape index (κ2) is 4.87. The number of carbonyl (C=O) groups is 1. The second-order valence-electron chi connectivity index (χ2n) is 5.12. The van der Waals surface area contributed by atoms with Gasteiger partial charge in [0.2, 0.25) is 0 Å². The summed E-state index contributed by atoms with van der Waals surface area (Å²) in [6.07, 6.45) is 7.07. The zero-order valence-electron chi connectivity index (χ0n) is 10.3. The summed E-state index contributed by atoms with van der Waals surface area (Å²) >= 11 is 0. The first-order valence-corrected chi connectivity index (χ1v) is 6.59. The lowest BCUT2D eigenvalue weighted by atomic mass is 9.94. The Kier molecular flexibility index (Phi) is 3.23. The van der Waals surface area contributed by atoms with E-state index in [-0.39, 0.29) is 12.0 Å². The third kappa shape index (κ3) is 2.00. The standard InChI is InChI=1S/C12H19N3O3/c16-12(17)11-9-8-18-7-4-10(9)13-15(11)14-5-2-1-3-6-14/h4,7,9-11,13H,1-3,5-6,8H2,(H,16,17). The highest BCUT2D eigenvalue weighted by Gasteiger charge is 2.48. The molecule has 2 saturated heterocycles. The van der Waals surface area contributed by atoms with Gasteiger partial charge in [0.1, 0.15) is 6.04 Å². The van der Waals surface area contributed by atoms with Gasteiger partial charge in [0.05, 0.1) is 18.9 Å². The van der Waals surface area contributed by atoms with Gasteiger partial charge in [-0.05, 0) is 18.9 Å². The maximum absolute atomic E-state index is 11.5. The van der Waals surface area contributed by atoms with E-state index in [2.05, 4.69) is 10.4 Å². The van der Waals surface area contributed by atoms with Crippen molar-refractivity contribution in [3.8, 4) is 0 Å². The molecule has 3 heterocycles. The predicted molar refractivity (Wildman–Crippen MR) is 64.2 cm³/mol. The van der Waals surface area contributed by atoms with Gasteiger partial charge in [-0.3, -0.25) is 4.79 Å². The van der Waals surface area contributed by atoms with Gasteiger partial charge in [-0.1, -0.05) is 6.42 Å². The van der Waals surface area contributed by atoms with E-state index < -0.39 is 12.0 Å². The van der Waals surface area contributed by atoms with E-state index in [4.69, 9.17) is 4.74 Å². The van der Waals surface area contributed by atoms with Crippen molar-refractivity contribution in [2.24, 2.45) is 5.92 Å². The molecule has 0 aliphatic carbocycles. The third-order valence-electron chi connectivity index (χ3n) is 3.97. The molecule has 2 fully saturated rings. The van der Waals surface area contributed by atoms with Crippen LogP contribution in [-0.2, 0) is 9.53 Å². The molecule has 0 amide bonds. The molecule has 0 aromatic rings. The van der Waals surface area contributed by atoms with Crippen LogP contribution in [-0.4, -0.2) is 53.0 Å². The van der Waals surface area contributed by atoms with Gasteiger partial charge in [-0.15, -0.1) is 0 Å². The molecular formula is C12H19N3O3. The lowest BCUT2D eigenvalue weighted by Crippen LogP contribution is -2.56. The maximum Gasteiger partial charge on any atom is 0.324 e. The molecule has 0 bridgehead atoms. The molecule has 0 saturated carbocycles. The Morgan fingerprint density at radius 2 is 2.11 bits per heavy atom. The summed E-state index contributed by atoms with van der Waals surface area (Å²) in [6, 6.07) is -0.458. The largest absolute Gasteiger partial charge is 0.501 e. The van der Waals surface area contributed by atoms with Crippen LogP contribution in [0.4, 0.5) is 0 Å². The smallest absolute Gasteiger partial charge is 0.324 e. The van der Waals surface area contributed by atoms with Crippen molar-refractivity contribution in [2.75, 3.05) is 19.7 Å². The minimum Gasteiger partial charge on any atom is -0.501 e. The summed E-state index contributed by atoms with van der Waals surface area (Å²) in [5.41, 5.74) is 3.31. The molecule has 3 unspecified atom stereocenters. The number of hydrogen-bond donors (Lipinski definition) is 2. The van der Waals surface area contributed by atoms with Crippen molar-refractivity contribution >= 4 is 5.97 Å². The molecule has 3 atom stereocenters. The molecule has 100 valence electrons. The SMILES string of the molecule is O=C(O)C1C2COC=CC2NN1N1CCCCC1. The Bertz CT molecular complexity index is 354. The predicted octanol–water partition coefficient (Wildman–Crippen LogP) is 0.189. The van der Waals surface area contributed by atoms with Crippen molar-refractivity contribution < 1.29 is 14.6 Å². The zero-order valence-corrected chi connectivity index (χ0v) is 10.3. The second-order valence-corrected chi connectivity index (χ2v) is 5.12. The maximum atomic E-state index is 11.5. The Morgan fingerprint density at radius 3 is 2.83 bits per heavy atom. The number of aliphatic carboxylic acids is 1. The summed E-state index contributed by atoms with van der Waals surface area (Å²) < 4.78 is 5.27. The summed E-state index contributed by atoms with van der Waals surface area (Å²) in [5, 5.41) is 13.4. The molecule has 3 aliphatic rings. The highest BCUT2D eigenvalue weighted by Crippen LogP contribution is 2.29. The van der Waals surface area contributed by atoms with Crippen molar-refractivity contribution in [3.05, 3.63) is 12.3 Å². The van der Waals surface area contributed by atoms with E-state index in [1.165, 1.54) is 6.42 Å². The van der Waals surface area contributed by atoms with Crippen LogP contribution in [0.5, 0.6) is 0 Å². The lowest BCUT2D eigenvalue weighted by molar-refractivity contribution is -0.159. The Hall–Kier alpha value is -1.11. The molecule has 6 nitrogen and oxygen atoms in total. The molecule has 3 rings (SSSR count). The number of nitrogens with zero attached hydrogens (tertiary/aromatic N) is 2. The highest BCUT2D eigenvalue weighted by molar-refractivity contribution is 5.74. The molecule has 18 heavy (non-hydrogen) atoms. The first-order valence-electron chi connectivity index (χ1n) is 6.59. The van der Waals surface area contributed by atoms with Gasteiger partial charge in [0.25, 0.3) is 0 Å². The van der Waals surface area contributed by atoms with E-state index in [1.54, 1.807) is 6.26 Å². The number of carboxylic acids is 1. The summed E-state index contributed by atoms with van der Waals surface area (Å²) in [4.78, 5) is 11.5. The van der Waals surface area contributed by atoms with Crippen molar-refractivity contribution in [2.45, 2.75) is 31.3 Å². The van der Waals surface area contributed by atoms with Gasteiger partial charge in [-0.25, -0.2) is 10.4 Å². The lowest BCUT2D eigenvalue weighted by Gasteiger charge is -2.37. The van der Waals surface area contributed by atoms with E-state index in [0.717, 1.165) is 25.9 Å². The molecule has 0 spiro atoms. The Labute approximate surface area is 106 Å². The monoisotopic (exact) mass is 253 g/mol. The average Bonchev–Trinajstić information content (AvgIpc) is 2.79. The molecule has 3 aliphatic heterocycles. The molecule has 6 heteroatoms. The number of hydrogen-bond acceptors (Lipinski definition) is 5. The number of nitrogens with one attached hydrogen (secondary N) is 1. The fourth-order valence-corrected chi connectivity index (χ4v) is 3.03. The van der Waals surface area contributed by atoms with Crippen molar-refractivity contribution in [1.82, 2.24) is 15.6 Å². The topological polar surface area (TPSA) is 65.0 Å². The number of ether oxygens (including phenoxy) is 1. The first-order chi connectivity index (χ1) is 8.77. The van der Waals surface area contributed by atoms with E-state index in [9.17, 15) is 9.90 Å². The molecule has 2 N–H and O–H groups in total. The molecule has 0 aromatic carbocycles. The molecule has 0 aromatic heterocycles. The molecule has 0 radical (unpaired) electrons. The fraction of sp³-hybridized carbons (Fsp3) is 0.750. The minimum absolute atomic E-state index is 0.0190. The average molecular weight is 253 g/mol. The van der Waals surface area contributed by atoms with Crippen molar-refractivity contribution in [1.29, 1.82) is 0 Å². The number of piperidine rings is 1. The normalized spacial score (nSPS) is 37.2. The minimum atomic E-state index is -0.778. The van der Waals surface area contributed by atoms with E-state index >= 15 is 0 Å². The van der Waals surface area contributed by atoms with Crippen LogP contribution in [0.2, 0.25) is 0 Å². The van der Waals surface area contributed by atoms with Gasteiger partial charge < -0.3 is 9.84 Å². The fourth-order valence-electron chi connectivity index (χ4n) is 3.03. The Morgan fingerprint density at radius 1 is 1.33 bits per heavy atom. The molecular weight excluding hydrogens is 234 g/mol. The van der Waals surface area contributed by atoms with Crippen LogP contribution >= 0.6 is 0 Å². The van der Waals surface area contributed by atoms with Crippen LogP contribution in [0.15, 0.2) is 12.3 Å². The number of fused-ring (bicyclic) bond motifs is 1. The number of rotatable bonds is 2. The first kappa shape index (κ1) is 12.0. The quantitative estimate of drug-likeness (QED) is 0.732. The Balaban J connectivity index is 1.80. The van der Waals surface area contributed by atoms with E-state index in [0.29, 0.717) is 6.61 Å². The third-order valence-corrected chi connectivity index (χ3v) is 3.97. The van der Waals surface area contributed by atoms with Crippen LogP contribution in [0.1, 0.15) is 19.3 Å². The highest BCUT2D eigenvalue weighted by atomic mass is 16.5. The number of carboxylic acid groups (broad SMARTS) is 1. The van der Waals surface area contributed by atoms with Crippen LogP contribution < -0.4 is 5.43 Å². The van der Waals surface area contributed by atoms with Gasteiger partial charge in [-0.2, -0.15) is 5.12 Å². The summed E-state index contributed by atoms with van der Waals surface area (Å²) in [7, 11) is 0.